The van der Waals surface area contributed by atoms with Gasteiger partial charge in [0.1, 0.15) is 0 Å². The number of rotatable bonds is 1. The average Bonchev–Trinajstić information content (AvgIpc) is 2.63. The van der Waals surface area contributed by atoms with Gasteiger partial charge in [0.15, 0.2) is 5.17 Å². The van der Waals surface area contributed by atoms with Gasteiger partial charge in [-0.2, -0.15) is 0 Å². The molecule has 1 amide bonds. The third-order valence-corrected chi connectivity index (χ3v) is 3.27. The van der Waals surface area contributed by atoms with Crippen molar-refractivity contribution in [2.24, 2.45) is 4.99 Å². The number of carbonyl (C=O) groups excluding carboxylic acids is 1. The molecule has 0 spiro atoms. The fraction of sp³-hybridized carbons (Fsp3) is 0.0909. The standard InChI is InChI=1S/C11H9ClN2OS/c1-13-11-14-10(15)9(16-11)6-7-2-4-8(12)5-3-7/h2-6H,1H3,(H,13,14,15)/b9-6+. The van der Waals surface area contributed by atoms with Crippen LogP contribution in [0, 0.1) is 0 Å². The summed E-state index contributed by atoms with van der Waals surface area (Å²) in [6.45, 7) is 0. The zero-order valence-corrected chi connectivity index (χ0v) is 10.1. The normalized spacial score (nSPS) is 20.5. The molecule has 0 saturated carbocycles. The van der Waals surface area contributed by atoms with Gasteiger partial charge in [-0.3, -0.25) is 9.79 Å². The van der Waals surface area contributed by atoms with E-state index in [0.29, 0.717) is 15.1 Å². The Kier molecular flexibility index (Phi) is 3.31. The van der Waals surface area contributed by atoms with E-state index in [9.17, 15) is 4.79 Å². The smallest absolute Gasteiger partial charge is 0.264 e. The van der Waals surface area contributed by atoms with Crippen LogP contribution in [0.3, 0.4) is 0 Å². The molecule has 0 atom stereocenters. The van der Waals surface area contributed by atoms with Gasteiger partial charge in [-0.1, -0.05) is 23.7 Å². The molecule has 0 radical (unpaired) electrons. The first kappa shape index (κ1) is 11.2. The van der Waals surface area contributed by atoms with Crippen molar-refractivity contribution in [2.45, 2.75) is 0 Å². The minimum Gasteiger partial charge on any atom is -0.301 e. The molecule has 0 aliphatic carbocycles. The number of aliphatic imine (C=N–C) groups is 1. The molecule has 0 aromatic heterocycles. The lowest BCUT2D eigenvalue weighted by Gasteiger charge is -1.94. The third kappa shape index (κ3) is 2.46. The lowest BCUT2D eigenvalue weighted by molar-refractivity contribution is -0.115. The molecular weight excluding hydrogens is 244 g/mol. The van der Waals surface area contributed by atoms with Gasteiger partial charge in [-0.05, 0) is 35.5 Å². The van der Waals surface area contributed by atoms with Crippen LogP contribution in [-0.2, 0) is 4.79 Å². The van der Waals surface area contributed by atoms with Crippen molar-refractivity contribution in [1.29, 1.82) is 0 Å². The first-order valence-electron chi connectivity index (χ1n) is 4.62. The predicted octanol–water partition coefficient (Wildman–Crippen LogP) is 2.53. The molecule has 1 N–H and O–H groups in total. The van der Waals surface area contributed by atoms with Crippen molar-refractivity contribution in [3.05, 3.63) is 39.8 Å². The molecule has 3 nitrogen and oxygen atoms in total. The largest absolute Gasteiger partial charge is 0.301 e. The van der Waals surface area contributed by atoms with E-state index in [1.54, 1.807) is 19.2 Å². The molecule has 1 aromatic rings. The van der Waals surface area contributed by atoms with Gasteiger partial charge in [0.2, 0.25) is 0 Å². The summed E-state index contributed by atoms with van der Waals surface area (Å²) in [6.07, 6.45) is 1.81. The van der Waals surface area contributed by atoms with Crippen molar-refractivity contribution in [3.63, 3.8) is 0 Å². The van der Waals surface area contributed by atoms with E-state index in [2.05, 4.69) is 10.3 Å². The molecule has 0 unspecified atom stereocenters. The molecule has 2 rings (SSSR count). The van der Waals surface area contributed by atoms with Gasteiger partial charge in [0.05, 0.1) is 4.91 Å². The van der Waals surface area contributed by atoms with Gasteiger partial charge >= 0.3 is 0 Å². The summed E-state index contributed by atoms with van der Waals surface area (Å²) in [5.41, 5.74) is 0.944. The number of amidine groups is 1. The predicted molar refractivity (Wildman–Crippen MR) is 68.5 cm³/mol. The highest BCUT2D eigenvalue weighted by Crippen LogP contribution is 2.25. The lowest BCUT2D eigenvalue weighted by atomic mass is 10.2. The first-order valence-corrected chi connectivity index (χ1v) is 5.82. The molecular formula is C11H9ClN2OS. The Hall–Kier alpha value is -1.26. The van der Waals surface area contributed by atoms with Crippen LogP contribution in [0.5, 0.6) is 0 Å². The molecule has 1 fully saturated rings. The van der Waals surface area contributed by atoms with Crippen LogP contribution >= 0.6 is 23.4 Å². The Balaban J connectivity index is 2.25. The highest BCUT2D eigenvalue weighted by molar-refractivity contribution is 8.18. The highest BCUT2D eigenvalue weighted by Gasteiger charge is 2.22. The van der Waals surface area contributed by atoms with Crippen molar-refractivity contribution in [3.8, 4) is 0 Å². The summed E-state index contributed by atoms with van der Waals surface area (Å²) in [4.78, 5) is 16.1. The topological polar surface area (TPSA) is 41.5 Å². The molecule has 16 heavy (non-hydrogen) atoms. The summed E-state index contributed by atoms with van der Waals surface area (Å²) in [5, 5.41) is 3.98. The summed E-state index contributed by atoms with van der Waals surface area (Å²) in [5.74, 6) is -0.111. The Morgan fingerprint density at radius 1 is 1.38 bits per heavy atom. The Morgan fingerprint density at radius 2 is 2.06 bits per heavy atom. The molecule has 0 bridgehead atoms. The number of nitrogens with zero attached hydrogens (tertiary/aromatic N) is 1. The fourth-order valence-electron chi connectivity index (χ4n) is 1.24. The zero-order chi connectivity index (χ0) is 11.5. The van der Waals surface area contributed by atoms with E-state index < -0.39 is 0 Å². The molecule has 1 aliphatic rings. The van der Waals surface area contributed by atoms with E-state index in [4.69, 9.17) is 11.6 Å². The van der Waals surface area contributed by atoms with Gasteiger partial charge in [0.25, 0.3) is 5.91 Å². The van der Waals surface area contributed by atoms with Crippen LogP contribution in [0.1, 0.15) is 5.56 Å². The fourth-order valence-corrected chi connectivity index (χ4v) is 2.15. The van der Waals surface area contributed by atoms with Crippen molar-refractivity contribution in [2.75, 3.05) is 7.05 Å². The van der Waals surface area contributed by atoms with E-state index in [1.807, 2.05) is 18.2 Å². The number of carbonyl (C=O) groups is 1. The van der Waals surface area contributed by atoms with Crippen LogP contribution in [0.25, 0.3) is 6.08 Å². The van der Waals surface area contributed by atoms with Crippen LogP contribution in [0.2, 0.25) is 5.02 Å². The van der Waals surface area contributed by atoms with E-state index >= 15 is 0 Å². The van der Waals surface area contributed by atoms with Crippen LogP contribution in [-0.4, -0.2) is 18.1 Å². The number of halogens is 1. The van der Waals surface area contributed by atoms with Crippen LogP contribution < -0.4 is 5.32 Å². The van der Waals surface area contributed by atoms with Crippen molar-refractivity contribution >= 4 is 40.5 Å². The molecule has 82 valence electrons. The number of amides is 1. The monoisotopic (exact) mass is 252 g/mol. The van der Waals surface area contributed by atoms with Gasteiger partial charge in [-0.15, -0.1) is 0 Å². The van der Waals surface area contributed by atoms with Crippen LogP contribution in [0.15, 0.2) is 34.2 Å². The van der Waals surface area contributed by atoms with Crippen molar-refractivity contribution in [1.82, 2.24) is 5.32 Å². The van der Waals surface area contributed by atoms with Crippen molar-refractivity contribution < 1.29 is 4.79 Å². The number of hydrogen-bond donors (Lipinski definition) is 1. The summed E-state index contributed by atoms with van der Waals surface area (Å²) < 4.78 is 0. The third-order valence-electron chi connectivity index (χ3n) is 2.02. The lowest BCUT2D eigenvalue weighted by Crippen LogP contribution is -2.19. The maximum atomic E-state index is 11.5. The quantitative estimate of drug-likeness (QED) is 0.781. The van der Waals surface area contributed by atoms with E-state index in [-0.39, 0.29) is 5.91 Å². The highest BCUT2D eigenvalue weighted by atomic mass is 35.5. The summed E-state index contributed by atoms with van der Waals surface area (Å²) in [7, 11) is 1.65. The molecule has 1 saturated heterocycles. The SMILES string of the molecule is CN=C1NC(=O)/C(=C\c2ccc(Cl)cc2)S1. The molecule has 5 heteroatoms. The Morgan fingerprint density at radius 3 is 2.62 bits per heavy atom. The van der Waals surface area contributed by atoms with E-state index in [0.717, 1.165) is 5.56 Å². The first-order chi connectivity index (χ1) is 7.69. The summed E-state index contributed by atoms with van der Waals surface area (Å²) >= 11 is 7.11. The Bertz CT molecular complexity index is 479. The van der Waals surface area contributed by atoms with Gasteiger partial charge in [0, 0.05) is 12.1 Å². The maximum Gasteiger partial charge on any atom is 0.264 e. The number of nitrogens with one attached hydrogen (secondary N) is 1. The average molecular weight is 253 g/mol. The van der Waals surface area contributed by atoms with Gasteiger partial charge < -0.3 is 5.32 Å². The second-order valence-corrected chi connectivity index (χ2v) is 4.61. The van der Waals surface area contributed by atoms with Crippen LogP contribution in [0.4, 0.5) is 0 Å². The number of hydrogen-bond acceptors (Lipinski definition) is 3. The minimum atomic E-state index is -0.111. The van der Waals surface area contributed by atoms with Gasteiger partial charge in [-0.25, -0.2) is 0 Å². The number of benzene rings is 1. The molecule has 1 aromatic carbocycles. The number of thioether (sulfide) groups is 1. The maximum absolute atomic E-state index is 11.5. The second kappa shape index (κ2) is 4.72. The second-order valence-electron chi connectivity index (χ2n) is 3.15. The minimum absolute atomic E-state index is 0.111. The molecule has 1 heterocycles. The van der Waals surface area contributed by atoms with E-state index in [1.165, 1.54) is 11.8 Å². The zero-order valence-electron chi connectivity index (χ0n) is 8.53. The molecule has 1 aliphatic heterocycles. The Labute approximate surface area is 103 Å². The summed E-state index contributed by atoms with van der Waals surface area (Å²) in [6, 6.07) is 7.31.